The van der Waals surface area contributed by atoms with Gasteiger partial charge in [-0.25, -0.2) is 0 Å². The van der Waals surface area contributed by atoms with Gasteiger partial charge in [-0.3, -0.25) is 14.4 Å². The first-order valence-electron chi connectivity index (χ1n) is 9.25. The van der Waals surface area contributed by atoms with E-state index >= 15 is 0 Å². The standard InChI is InChI=1S/C20H22N4O2/c25-19(13-5-6-13)18-10-16-12-23(7-8-24(16)22-18)11-15-9-14-3-1-2-4-17(14)21-20(15)26/h1-4,9-10,13,19,25H,5-8,11-12H2,(H,21,26). The first kappa shape index (κ1) is 15.8. The number of para-hydroxylation sites is 1. The van der Waals surface area contributed by atoms with Crippen LogP contribution in [0.4, 0.5) is 0 Å². The van der Waals surface area contributed by atoms with Gasteiger partial charge in [0.15, 0.2) is 0 Å². The maximum atomic E-state index is 12.4. The number of H-pyrrole nitrogens is 1. The Hall–Kier alpha value is -2.44. The molecular weight excluding hydrogens is 328 g/mol. The molecule has 0 spiro atoms. The molecule has 1 atom stereocenters. The average molecular weight is 350 g/mol. The lowest BCUT2D eigenvalue weighted by Crippen LogP contribution is -2.35. The van der Waals surface area contributed by atoms with Crippen molar-refractivity contribution in [3.05, 3.63) is 63.7 Å². The van der Waals surface area contributed by atoms with Gasteiger partial charge in [-0.05, 0) is 42.3 Å². The van der Waals surface area contributed by atoms with Crippen LogP contribution in [0.1, 0.15) is 35.9 Å². The van der Waals surface area contributed by atoms with E-state index in [1.807, 2.05) is 41.1 Å². The minimum atomic E-state index is -0.426. The Morgan fingerprint density at radius 3 is 2.92 bits per heavy atom. The summed E-state index contributed by atoms with van der Waals surface area (Å²) < 4.78 is 2.00. The van der Waals surface area contributed by atoms with Crippen LogP contribution < -0.4 is 5.56 Å². The second-order valence-electron chi connectivity index (χ2n) is 7.49. The lowest BCUT2D eigenvalue weighted by Gasteiger charge is -2.27. The van der Waals surface area contributed by atoms with E-state index in [0.717, 1.165) is 60.3 Å². The average Bonchev–Trinajstić information content (AvgIpc) is 3.41. The Bertz CT molecular complexity index is 1020. The van der Waals surface area contributed by atoms with Gasteiger partial charge >= 0.3 is 0 Å². The van der Waals surface area contributed by atoms with E-state index in [2.05, 4.69) is 15.0 Å². The zero-order valence-electron chi connectivity index (χ0n) is 14.6. The molecule has 6 nitrogen and oxygen atoms in total. The molecule has 1 aliphatic carbocycles. The first-order valence-corrected chi connectivity index (χ1v) is 9.25. The minimum absolute atomic E-state index is 0.0207. The molecule has 2 N–H and O–H groups in total. The molecule has 0 bridgehead atoms. The maximum absolute atomic E-state index is 12.4. The van der Waals surface area contributed by atoms with E-state index in [4.69, 9.17) is 0 Å². The highest BCUT2D eigenvalue weighted by Gasteiger charge is 2.33. The van der Waals surface area contributed by atoms with Crippen molar-refractivity contribution in [3.8, 4) is 0 Å². The van der Waals surface area contributed by atoms with Crippen LogP contribution in [0.15, 0.2) is 41.2 Å². The molecule has 26 heavy (non-hydrogen) atoms. The Morgan fingerprint density at radius 1 is 1.23 bits per heavy atom. The van der Waals surface area contributed by atoms with E-state index in [0.29, 0.717) is 12.5 Å². The van der Waals surface area contributed by atoms with Crippen LogP contribution in [-0.2, 0) is 19.6 Å². The lowest BCUT2D eigenvalue weighted by atomic mass is 10.1. The molecule has 0 saturated heterocycles. The number of nitrogens with zero attached hydrogens (tertiary/aromatic N) is 3. The summed E-state index contributed by atoms with van der Waals surface area (Å²) in [6.07, 6.45) is 1.77. The van der Waals surface area contributed by atoms with Crippen molar-refractivity contribution in [2.75, 3.05) is 6.54 Å². The van der Waals surface area contributed by atoms with Gasteiger partial charge in [0.1, 0.15) is 6.10 Å². The summed E-state index contributed by atoms with van der Waals surface area (Å²) in [6.45, 7) is 3.00. The van der Waals surface area contributed by atoms with E-state index in [9.17, 15) is 9.90 Å². The molecule has 1 unspecified atom stereocenters. The van der Waals surface area contributed by atoms with Crippen molar-refractivity contribution in [2.45, 2.75) is 38.6 Å². The topological polar surface area (TPSA) is 74.2 Å². The van der Waals surface area contributed by atoms with Gasteiger partial charge in [-0.1, -0.05) is 18.2 Å². The molecule has 1 saturated carbocycles. The number of pyridine rings is 1. The van der Waals surface area contributed by atoms with Crippen LogP contribution in [0, 0.1) is 5.92 Å². The molecule has 1 aliphatic heterocycles. The smallest absolute Gasteiger partial charge is 0.252 e. The summed E-state index contributed by atoms with van der Waals surface area (Å²) in [5.41, 5.74) is 3.55. The van der Waals surface area contributed by atoms with E-state index in [1.54, 1.807) is 0 Å². The number of aliphatic hydroxyl groups is 1. The molecule has 3 heterocycles. The molecule has 2 aliphatic rings. The summed E-state index contributed by atoms with van der Waals surface area (Å²) in [4.78, 5) is 17.6. The van der Waals surface area contributed by atoms with Gasteiger partial charge in [-0.15, -0.1) is 0 Å². The van der Waals surface area contributed by atoms with Crippen LogP contribution in [-0.4, -0.2) is 31.3 Å². The highest BCUT2D eigenvalue weighted by atomic mass is 16.3. The van der Waals surface area contributed by atoms with Crippen LogP contribution in [0.2, 0.25) is 0 Å². The van der Waals surface area contributed by atoms with Crippen LogP contribution in [0.5, 0.6) is 0 Å². The van der Waals surface area contributed by atoms with E-state index in [1.165, 1.54) is 0 Å². The quantitative estimate of drug-likeness (QED) is 0.756. The molecular formula is C20H22N4O2. The zero-order valence-corrected chi connectivity index (χ0v) is 14.6. The molecule has 6 heteroatoms. The summed E-state index contributed by atoms with van der Waals surface area (Å²) in [5, 5.41) is 16.0. The van der Waals surface area contributed by atoms with Gasteiger partial charge in [0.2, 0.25) is 0 Å². The van der Waals surface area contributed by atoms with Crippen molar-refractivity contribution >= 4 is 10.9 Å². The molecule has 5 rings (SSSR count). The molecule has 1 aromatic carbocycles. The number of aromatic nitrogens is 3. The molecule has 3 aromatic rings. The van der Waals surface area contributed by atoms with Crippen molar-refractivity contribution < 1.29 is 5.11 Å². The van der Waals surface area contributed by atoms with Gasteiger partial charge in [0, 0.05) is 30.7 Å². The Balaban J connectivity index is 1.36. The number of benzene rings is 1. The van der Waals surface area contributed by atoms with Gasteiger partial charge < -0.3 is 10.1 Å². The van der Waals surface area contributed by atoms with Crippen molar-refractivity contribution in [1.82, 2.24) is 19.7 Å². The molecule has 1 fully saturated rings. The van der Waals surface area contributed by atoms with E-state index < -0.39 is 6.10 Å². The van der Waals surface area contributed by atoms with Crippen LogP contribution in [0.3, 0.4) is 0 Å². The maximum Gasteiger partial charge on any atom is 0.252 e. The summed E-state index contributed by atoms with van der Waals surface area (Å²) in [6, 6.07) is 11.9. The first-order chi connectivity index (χ1) is 12.7. The number of rotatable bonds is 4. The molecule has 134 valence electrons. The zero-order chi connectivity index (χ0) is 17.7. The van der Waals surface area contributed by atoms with Crippen molar-refractivity contribution in [2.24, 2.45) is 5.92 Å². The Labute approximate surface area is 151 Å². The molecule has 0 amide bonds. The molecule has 2 aromatic heterocycles. The second kappa shape index (κ2) is 6.07. The predicted octanol–water partition coefficient (Wildman–Crippen LogP) is 2.18. The minimum Gasteiger partial charge on any atom is -0.386 e. The van der Waals surface area contributed by atoms with Crippen LogP contribution >= 0.6 is 0 Å². The fourth-order valence-electron chi connectivity index (χ4n) is 3.83. The number of aromatic amines is 1. The molecule has 0 radical (unpaired) electrons. The number of aliphatic hydroxyl groups excluding tert-OH is 1. The lowest BCUT2D eigenvalue weighted by molar-refractivity contribution is 0.147. The SMILES string of the molecule is O=c1[nH]c2ccccc2cc1CN1CCn2nc(C(O)C3CC3)cc2C1. The van der Waals surface area contributed by atoms with Gasteiger partial charge in [0.05, 0.1) is 17.9 Å². The third-order valence-electron chi connectivity index (χ3n) is 5.49. The number of hydrogen-bond acceptors (Lipinski definition) is 4. The monoisotopic (exact) mass is 350 g/mol. The highest BCUT2D eigenvalue weighted by Crippen LogP contribution is 2.40. The fourth-order valence-corrected chi connectivity index (χ4v) is 3.83. The summed E-state index contributed by atoms with van der Waals surface area (Å²) >= 11 is 0. The third kappa shape index (κ3) is 2.85. The summed E-state index contributed by atoms with van der Waals surface area (Å²) in [7, 11) is 0. The van der Waals surface area contributed by atoms with Gasteiger partial charge in [-0.2, -0.15) is 5.10 Å². The van der Waals surface area contributed by atoms with Gasteiger partial charge in [0.25, 0.3) is 5.56 Å². The third-order valence-corrected chi connectivity index (χ3v) is 5.49. The summed E-state index contributed by atoms with van der Waals surface area (Å²) in [5.74, 6) is 0.388. The normalized spacial score (nSPS) is 18.8. The van der Waals surface area contributed by atoms with Crippen molar-refractivity contribution in [3.63, 3.8) is 0 Å². The predicted molar refractivity (Wildman–Crippen MR) is 98.6 cm³/mol. The second-order valence-corrected chi connectivity index (χ2v) is 7.49. The number of hydrogen-bond donors (Lipinski definition) is 2. The van der Waals surface area contributed by atoms with Crippen molar-refractivity contribution in [1.29, 1.82) is 0 Å². The largest absolute Gasteiger partial charge is 0.386 e. The number of fused-ring (bicyclic) bond motifs is 2. The Kier molecular flexibility index (Phi) is 3.69. The van der Waals surface area contributed by atoms with Crippen LogP contribution in [0.25, 0.3) is 10.9 Å². The number of nitrogens with one attached hydrogen (secondary N) is 1. The fraction of sp³-hybridized carbons (Fsp3) is 0.400. The Morgan fingerprint density at radius 2 is 2.08 bits per heavy atom. The van der Waals surface area contributed by atoms with E-state index in [-0.39, 0.29) is 5.56 Å². The highest BCUT2D eigenvalue weighted by molar-refractivity contribution is 5.78.